The molecule has 2 rings (SSSR count). The summed E-state index contributed by atoms with van der Waals surface area (Å²) in [6.45, 7) is 5.92. The summed E-state index contributed by atoms with van der Waals surface area (Å²) in [5.74, 6) is 0. The molecule has 0 aliphatic heterocycles. The van der Waals surface area contributed by atoms with Gasteiger partial charge in [-0.2, -0.15) is 0 Å². The predicted octanol–water partition coefficient (Wildman–Crippen LogP) is 2.96. The van der Waals surface area contributed by atoms with Crippen LogP contribution in [0.2, 0.25) is 0 Å². The fourth-order valence-electron chi connectivity index (χ4n) is 2.29. The highest BCUT2D eigenvalue weighted by molar-refractivity contribution is 7.10. The Labute approximate surface area is 134 Å². The molecule has 0 fully saturated rings. The molecule has 0 radical (unpaired) electrons. The maximum Gasteiger partial charge on any atom is 0.317 e. The van der Waals surface area contributed by atoms with Crippen molar-refractivity contribution in [3.8, 4) is 0 Å². The third kappa shape index (κ3) is 3.57. The molecular formula is C16H21N3O2S. The lowest BCUT2D eigenvalue weighted by atomic mass is 10.1. The minimum absolute atomic E-state index is 0.00241. The molecule has 6 heteroatoms. The van der Waals surface area contributed by atoms with E-state index in [1.165, 1.54) is 0 Å². The third-order valence-corrected chi connectivity index (χ3v) is 4.81. The van der Waals surface area contributed by atoms with E-state index >= 15 is 0 Å². The Morgan fingerprint density at radius 3 is 2.77 bits per heavy atom. The minimum Gasteiger partial charge on any atom is -0.334 e. The molecule has 0 aromatic carbocycles. The lowest BCUT2D eigenvalue weighted by molar-refractivity contribution is 0.194. The van der Waals surface area contributed by atoms with Crippen LogP contribution in [0.3, 0.4) is 0 Å². The van der Waals surface area contributed by atoms with Crippen LogP contribution in [0.4, 0.5) is 4.79 Å². The summed E-state index contributed by atoms with van der Waals surface area (Å²) >= 11 is 1.62. The van der Waals surface area contributed by atoms with Gasteiger partial charge in [-0.1, -0.05) is 6.07 Å². The van der Waals surface area contributed by atoms with Gasteiger partial charge < -0.3 is 15.2 Å². The van der Waals surface area contributed by atoms with E-state index in [1.807, 2.05) is 44.4 Å². The summed E-state index contributed by atoms with van der Waals surface area (Å²) in [4.78, 5) is 29.7. The monoisotopic (exact) mass is 319 g/mol. The lowest BCUT2D eigenvalue weighted by Crippen LogP contribution is -2.39. The number of aromatic nitrogens is 1. The Kier molecular flexibility index (Phi) is 5.03. The largest absolute Gasteiger partial charge is 0.334 e. The molecule has 0 unspecified atom stereocenters. The average Bonchev–Trinajstić information content (AvgIpc) is 2.98. The van der Waals surface area contributed by atoms with E-state index in [0.717, 1.165) is 16.1 Å². The smallest absolute Gasteiger partial charge is 0.317 e. The molecule has 0 spiro atoms. The van der Waals surface area contributed by atoms with Crippen molar-refractivity contribution < 1.29 is 4.79 Å². The third-order valence-electron chi connectivity index (χ3n) is 3.77. The molecule has 0 aliphatic carbocycles. The van der Waals surface area contributed by atoms with Crippen LogP contribution in [0.1, 0.15) is 34.7 Å². The number of hydrogen-bond acceptors (Lipinski definition) is 3. The highest BCUT2D eigenvalue weighted by Gasteiger charge is 2.18. The number of rotatable bonds is 4. The second-order valence-electron chi connectivity index (χ2n) is 5.40. The van der Waals surface area contributed by atoms with Crippen molar-refractivity contribution >= 4 is 17.4 Å². The number of urea groups is 1. The number of carbonyl (C=O) groups is 1. The molecular weight excluding hydrogens is 298 g/mol. The number of pyridine rings is 1. The number of nitrogens with one attached hydrogen (secondary N) is 2. The first-order valence-corrected chi connectivity index (χ1v) is 8.01. The van der Waals surface area contributed by atoms with Crippen molar-refractivity contribution in [3.05, 3.63) is 55.6 Å². The Hall–Kier alpha value is -2.08. The molecule has 2 aromatic rings. The molecule has 2 amide bonds. The quantitative estimate of drug-likeness (QED) is 0.910. The number of aromatic amines is 1. The zero-order valence-electron chi connectivity index (χ0n) is 13.3. The van der Waals surface area contributed by atoms with Gasteiger partial charge >= 0.3 is 6.03 Å². The van der Waals surface area contributed by atoms with Crippen LogP contribution in [0, 0.1) is 13.8 Å². The second kappa shape index (κ2) is 6.79. The average molecular weight is 319 g/mol. The van der Waals surface area contributed by atoms with Crippen molar-refractivity contribution in [1.29, 1.82) is 0 Å². The minimum atomic E-state index is -0.194. The van der Waals surface area contributed by atoms with Crippen molar-refractivity contribution in [2.75, 3.05) is 7.05 Å². The molecule has 1 atom stereocenters. The van der Waals surface area contributed by atoms with Crippen molar-refractivity contribution in [1.82, 2.24) is 15.2 Å². The van der Waals surface area contributed by atoms with Gasteiger partial charge in [-0.15, -0.1) is 11.3 Å². The van der Waals surface area contributed by atoms with Crippen LogP contribution in [-0.2, 0) is 6.54 Å². The molecule has 118 valence electrons. The maximum absolute atomic E-state index is 12.2. The lowest BCUT2D eigenvalue weighted by Gasteiger charge is -2.24. The fourth-order valence-corrected chi connectivity index (χ4v) is 3.11. The number of thiophene rings is 1. The number of nitrogens with zero attached hydrogens (tertiary/aromatic N) is 1. The fraction of sp³-hybridized carbons (Fsp3) is 0.375. The normalized spacial score (nSPS) is 12.0. The van der Waals surface area contributed by atoms with Crippen LogP contribution in [-0.4, -0.2) is 23.0 Å². The molecule has 0 saturated heterocycles. The molecule has 0 aliphatic rings. The van der Waals surface area contributed by atoms with Gasteiger partial charge in [0.15, 0.2) is 0 Å². The van der Waals surface area contributed by atoms with Crippen molar-refractivity contribution in [2.45, 2.75) is 33.4 Å². The molecule has 2 aromatic heterocycles. The van der Waals surface area contributed by atoms with Crippen LogP contribution in [0.25, 0.3) is 0 Å². The van der Waals surface area contributed by atoms with Gasteiger partial charge in [0.1, 0.15) is 0 Å². The maximum atomic E-state index is 12.2. The van der Waals surface area contributed by atoms with Crippen molar-refractivity contribution in [3.63, 3.8) is 0 Å². The molecule has 22 heavy (non-hydrogen) atoms. The first-order chi connectivity index (χ1) is 10.4. The Balaban J connectivity index is 2.03. The van der Waals surface area contributed by atoms with E-state index in [2.05, 4.69) is 10.3 Å². The van der Waals surface area contributed by atoms with E-state index < -0.39 is 0 Å². The van der Waals surface area contributed by atoms with Crippen LogP contribution < -0.4 is 10.9 Å². The van der Waals surface area contributed by atoms with Gasteiger partial charge in [0.2, 0.25) is 0 Å². The van der Waals surface area contributed by atoms with E-state index in [1.54, 1.807) is 23.3 Å². The number of H-pyrrole nitrogens is 1. The summed E-state index contributed by atoms with van der Waals surface area (Å²) in [7, 11) is 1.76. The standard InChI is InChI=1S/C16H21N3O2S/c1-10-8-11(2)18-15(20)13(10)9-17-16(21)19(4)12(3)14-6-5-7-22-14/h5-8,12H,9H2,1-4H3,(H,17,21)(H,18,20)/t12-/m1/s1. The highest BCUT2D eigenvalue weighted by atomic mass is 32.1. The zero-order chi connectivity index (χ0) is 16.3. The summed E-state index contributed by atoms with van der Waals surface area (Å²) in [5, 5.41) is 4.81. The molecule has 0 bridgehead atoms. The first-order valence-electron chi connectivity index (χ1n) is 7.13. The Morgan fingerprint density at radius 1 is 1.45 bits per heavy atom. The van der Waals surface area contributed by atoms with E-state index in [0.29, 0.717) is 5.56 Å². The predicted molar refractivity (Wildman–Crippen MR) is 89.3 cm³/mol. The number of carbonyl (C=O) groups excluding carboxylic acids is 1. The van der Waals surface area contributed by atoms with Crippen LogP contribution in [0.5, 0.6) is 0 Å². The molecule has 2 N–H and O–H groups in total. The van der Waals surface area contributed by atoms with E-state index in [9.17, 15) is 9.59 Å². The number of aryl methyl sites for hydroxylation is 2. The molecule has 2 heterocycles. The number of hydrogen-bond donors (Lipinski definition) is 2. The van der Waals surface area contributed by atoms with Crippen molar-refractivity contribution in [2.24, 2.45) is 0 Å². The van der Waals surface area contributed by atoms with Gasteiger partial charge in [-0.3, -0.25) is 4.79 Å². The Bertz CT molecular complexity index is 707. The summed E-state index contributed by atoms with van der Waals surface area (Å²) in [5.41, 5.74) is 2.15. The van der Waals surface area contributed by atoms with Gasteiger partial charge in [0.25, 0.3) is 5.56 Å². The van der Waals surface area contributed by atoms with Gasteiger partial charge in [-0.05, 0) is 43.8 Å². The van der Waals surface area contributed by atoms with Crippen LogP contribution in [0.15, 0.2) is 28.4 Å². The molecule has 0 saturated carbocycles. The van der Waals surface area contributed by atoms with Crippen LogP contribution >= 0.6 is 11.3 Å². The van der Waals surface area contributed by atoms with Gasteiger partial charge in [0, 0.05) is 23.2 Å². The Morgan fingerprint density at radius 2 is 2.18 bits per heavy atom. The zero-order valence-corrected chi connectivity index (χ0v) is 14.1. The first kappa shape index (κ1) is 16.3. The SMILES string of the molecule is Cc1cc(C)c(CNC(=O)N(C)[C@H](C)c2cccs2)c(=O)[nH]1. The number of amides is 2. The van der Waals surface area contributed by atoms with Gasteiger partial charge in [0.05, 0.1) is 12.6 Å². The summed E-state index contributed by atoms with van der Waals surface area (Å²) in [6.07, 6.45) is 0. The van der Waals surface area contributed by atoms with E-state index in [4.69, 9.17) is 0 Å². The summed E-state index contributed by atoms with van der Waals surface area (Å²) < 4.78 is 0. The van der Waals surface area contributed by atoms with E-state index in [-0.39, 0.29) is 24.2 Å². The highest BCUT2D eigenvalue weighted by Crippen LogP contribution is 2.23. The summed E-state index contributed by atoms with van der Waals surface area (Å²) in [6, 6.07) is 5.68. The second-order valence-corrected chi connectivity index (χ2v) is 6.38. The molecule has 5 nitrogen and oxygen atoms in total. The topological polar surface area (TPSA) is 65.2 Å². The van der Waals surface area contributed by atoms with Gasteiger partial charge in [-0.25, -0.2) is 4.79 Å².